The lowest BCUT2D eigenvalue weighted by molar-refractivity contribution is 0.689. The van der Waals surface area contributed by atoms with Gasteiger partial charge < -0.3 is 0 Å². The van der Waals surface area contributed by atoms with Gasteiger partial charge in [-0.15, -0.1) is 11.8 Å². The average molecular weight is 356 g/mol. The highest BCUT2D eigenvalue weighted by Gasteiger charge is 2.18. The van der Waals surface area contributed by atoms with E-state index in [1.165, 1.54) is 23.4 Å². The molecule has 0 spiro atoms. The summed E-state index contributed by atoms with van der Waals surface area (Å²) in [4.78, 5) is 34.0. The number of fused-ring (bicyclic) bond motifs is 1. The Kier molecular flexibility index (Phi) is 4.76. The van der Waals surface area contributed by atoms with Crippen molar-refractivity contribution in [2.75, 3.05) is 0 Å². The van der Waals surface area contributed by atoms with Gasteiger partial charge in [-0.1, -0.05) is 44.2 Å². The lowest BCUT2D eigenvalue weighted by atomic mass is 10.2. The Balaban J connectivity index is 2.21. The predicted octanol–water partition coefficient (Wildman–Crippen LogP) is 2.44. The van der Waals surface area contributed by atoms with E-state index in [9.17, 15) is 9.59 Å². The summed E-state index contributed by atoms with van der Waals surface area (Å²) in [6.07, 6.45) is 0. The number of hydrogen-bond donors (Lipinski definition) is 0. The molecule has 0 aliphatic heterocycles. The fourth-order valence-corrected chi connectivity index (χ4v) is 3.51. The van der Waals surface area contributed by atoms with Crippen molar-refractivity contribution in [1.29, 1.82) is 0 Å². The summed E-state index contributed by atoms with van der Waals surface area (Å²) in [5, 5.41) is 1.02. The number of hydrogen-bond acceptors (Lipinski definition) is 5. The van der Waals surface area contributed by atoms with Crippen LogP contribution >= 0.6 is 11.8 Å². The van der Waals surface area contributed by atoms with E-state index in [1.807, 2.05) is 44.2 Å². The van der Waals surface area contributed by atoms with Gasteiger partial charge in [0.15, 0.2) is 5.65 Å². The molecular weight excluding hydrogens is 336 g/mol. The van der Waals surface area contributed by atoms with Gasteiger partial charge >= 0.3 is 5.69 Å². The standard InChI is InChI=1S/C18H20N4O2S/c1-11(2)14-19-15-13(17(23)22(4)18(24)21(15)3)16(20-14)25-10-12-8-6-5-7-9-12/h5-9,11H,10H2,1-4H3. The minimum absolute atomic E-state index is 0.0969. The van der Waals surface area contributed by atoms with E-state index in [1.54, 1.807) is 7.05 Å². The molecule has 2 aromatic heterocycles. The van der Waals surface area contributed by atoms with Gasteiger partial charge in [0.2, 0.25) is 0 Å². The smallest absolute Gasteiger partial charge is 0.280 e. The Morgan fingerprint density at radius 2 is 1.72 bits per heavy atom. The lowest BCUT2D eigenvalue weighted by Gasteiger charge is -2.13. The summed E-state index contributed by atoms with van der Waals surface area (Å²) in [5.41, 5.74) is 0.795. The van der Waals surface area contributed by atoms with Gasteiger partial charge in [0.25, 0.3) is 5.56 Å². The zero-order valence-corrected chi connectivity index (χ0v) is 15.5. The summed E-state index contributed by atoms with van der Waals surface area (Å²) in [5.74, 6) is 1.42. The summed E-state index contributed by atoms with van der Waals surface area (Å²) in [6, 6.07) is 10.0. The lowest BCUT2D eigenvalue weighted by Crippen LogP contribution is -2.37. The number of rotatable bonds is 4. The van der Waals surface area contributed by atoms with Crippen LogP contribution < -0.4 is 11.2 Å². The maximum absolute atomic E-state index is 12.7. The highest BCUT2D eigenvalue weighted by atomic mass is 32.2. The highest BCUT2D eigenvalue weighted by molar-refractivity contribution is 7.98. The van der Waals surface area contributed by atoms with E-state index in [4.69, 9.17) is 0 Å². The molecule has 0 atom stereocenters. The number of thioether (sulfide) groups is 1. The van der Waals surface area contributed by atoms with Crippen molar-refractivity contribution >= 4 is 22.8 Å². The van der Waals surface area contributed by atoms with Crippen LogP contribution in [0.2, 0.25) is 0 Å². The molecule has 2 heterocycles. The molecule has 0 aliphatic rings. The van der Waals surface area contributed by atoms with Gasteiger partial charge in [-0.2, -0.15) is 0 Å². The Morgan fingerprint density at radius 3 is 2.36 bits per heavy atom. The Labute approximate surface area is 149 Å². The van der Waals surface area contributed by atoms with Crippen LogP contribution in [0.1, 0.15) is 31.2 Å². The molecule has 3 aromatic rings. The molecule has 6 nitrogen and oxygen atoms in total. The molecule has 3 rings (SSSR count). The first-order chi connectivity index (χ1) is 11.9. The topological polar surface area (TPSA) is 69.8 Å². The minimum Gasteiger partial charge on any atom is -0.280 e. The third kappa shape index (κ3) is 3.24. The van der Waals surface area contributed by atoms with Crippen molar-refractivity contribution in [2.24, 2.45) is 14.1 Å². The van der Waals surface area contributed by atoms with Crippen molar-refractivity contribution in [2.45, 2.75) is 30.5 Å². The third-order valence-corrected chi connectivity index (χ3v) is 5.07. The van der Waals surface area contributed by atoms with Crippen LogP contribution in [-0.2, 0) is 19.8 Å². The summed E-state index contributed by atoms with van der Waals surface area (Å²) in [7, 11) is 3.11. The SMILES string of the molecule is CC(C)c1nc(SCc2ccccc2)c2c(=O)n(C)c(=O)n(C)c2n1. The largest absolute Gasteiger partial charge is 0.332 e. The molecular formula is C18H20N4O2S. The van der Waals surface area contributed by atoms with Gasteiger partial charge in [-0.3, -0.25) is 13.9 Å². The van der Waals surface area contributed by atoms with E-state index in [0.717, 1.165) is 10.1 Å². The maximum Gasteiger partial charge on any atom is 0.332 e. The molecule has 0 radical (unpaired) electrons. The van der Waals surface area contributed by atoms with Crippen molar-refractivity contribution in [3.8, 4) is 0 Å². The molecule has 0 unspecified atom stereocenters. The molecule has 0 saturated carbocycles. The summed E-state index contributed by atoms with van der Waals surface area (Å²) in [6.45, 7) is 3.98. The second-order valence-electron chi connectivity index (χ2n) is 6.22. The first-order valence-electron chi connectivity index (χ1n) is 8.04. The van der Waals surface area contributed by atoms with Crippen LogP contribution in [0.25, 0.3) is 11.0 Å². The molecule has 0 N–H and O–H groups in total. The Morgan fingerprint density at radius 1 is 1.04 bits per heavy atom. The van der Waals surface area contributed by atoms with Crippen LogP contribution in [-0.4, -0.2) is 19.1 Å². The second kappa shape index (κ2) is 6.84. The molecule has 7 heteroatoms. The van der Waals surface area contributed by atoms with Crippen molar-refractivity contribution < 1.29 is 0 Å². The predicted molar refractivity (Wildman–Crippen MR) is 100 cm³/mol. The van der Waals surface area contributed by atoms with Crippen molar-refractivity contribution in [3.63, 3.8) is 0 Å². The maximum atomic E-state index is 12.7. The van der Waals surface area contributed by atoms with E-state index in [-0.39, 0.29) is 17.2 Å². The van der Waals surface area contributed by atoms with Crippen LogP contribution in [0.3, 0.4) is 0 Å². The van der Waals surface area contributed by atoms with E-state index < -0.39 is 0 Å². The van der Waals surface area contributed by atoms with Crippen LogP contribution in [0.5, 0.6) is 0 Å². The average Bonchev–Trinajstić information content (AvgIpc) is 2.62. The fourth-order valence-electron chi connectivity index (χ4n) is 2.53. The van der Waals surface area contributed by atoms with E-state index in [2.05, 4.69) is 9.97 Å². The minimum atomic E-state index is -0.384. The second-order valence-corrected chi connectivity index (χ2v) is 7.18. The monoisotopic (exact) mass is 356 g/mol. The number of benzene rings is 1. The van der Waals surface area contributed by atoms with Gasteiger partial charge in [0, 0.05) is 25.8 Å². The number of nitrogens with zero attached hydrogens (tertiary/aromatic N) is 4. The first kappa shape index (κ1) is 17.4. The van der Waals surface area contributed by atoms with Gasteiger partial charge in [0.05, 0.1) is 0 Å². The molecule has 25 heavy (non-hydrogen) atoms. The molecule has 0 bridgehead atoms. The van der Waals surface area contributed by atoms with Crippen LogP contribution in [0, 0.1) is 0 Å². The number of aromatic nitrogens is 4. The molecule has 0 fully saturated rings. The van der Waals surface area contributed by atoms with E-state index in [0.29, 0.717) is 27.6 Å². The Hall–Kier alpha value is -2.41. The third-order valence-electron chi connectivity index (χ3n) is 4.02. The van der Waals surface area contributed by atoms with Gasteiger partial charge in [-0.25, -0.2) is 14.8 Å². The molecule has 0 aliphatic carbocycles. The zero-order chi connectivity index (χ0) is 18.1. The zero-order valence-electron chi connectivity index (χ0n) is 14.7. The first-order valence-corrected chi connectivity index (χ1v) is 9.03. The fraction of sp³-hybridized carbons (Fsp3) is 0.333. The normalized spacial score (nSPS) is 11.4. The van der Waals surface area contributed by atoms with Crippen LogP contribution in [0.4, 0.5) is 0 Å². The van der Waals surface area contributed by atoms with Gasteiger partial charge in [-0.05, 0) is 5.56 Å². The summed E-state index contributed by atoms with van der Waals surface area (Å²) >= 11 is 1.49. The van der Waals surface area contributed by atoms with Crippen LogP contribution in [0.15, 0.2) is 44.9 Å². The molecule has 0 amide bonds. The highest BCUT2D eigenvalue weighted by Crippen LogP contribution is 2.27. The Bertz CT molecular complexity index is 1040. The quantitative estimate of drug-likeness (QED) is 0.530. The molecule has 130 valence electrons. The molecule has 0 saturated heterocycles. The van der Waals surface area contributed by atoms with Gasteiger partial charge in [0.1, 0.15) is 16.2 Å². The van der Waals surface area contributed by atoms with E-state index >= 15 is 0 Å². The number of aryl methyl sites for hydroxylation is 1. The van der Waals surface area contributed by atoms with Crippen molar-refractivity contribution in [1.82, 2.24) is 19.1 Å². The van der Waals surface area contributed by atoms with Crippen molar-refractivity contribution in [3.05, 3.63) is 62.6 Å². The molecule has 1 aromatic carbocycles. The summed E-state index contributed by atoms with van der Waals surface area (Å²) < 4.78 is 2.52.